The van der Waals surface area contributed by atoms with E-state index in [1.165, 1.54) is 11.3 Å². The van der Waals surface area contributed by atoms with E-state index in [2.05, 4.69) is 27.1 Å². The third kappa shape index (κ3) is 4.80. The van der Waals surface area contributed by atoms with Crippen LogP contribution in [0.4, 0.5) is 5.13 Å². The quantitative estimate of drug-likeness (QED) is 0.298. The Bertz CT molecular complexity index is 1170. The van der Waals surface area contributed by atoms with Gasteiger partial charge in [0.15, 0.2) is 21.5 Å². The Labute approximate surface area is 183 Å². The Morgan fingerprint density at radius 2 is 2.03 bits per heavy atom. The van der Waals surface area contributed by atoms with Crippen LogP contribution in [0.1, 0.15) is 40.0 Å². The Balaban J connectivity index is 1.66. The number of benzene rings is 1. The Morgan fingerprint density at radius 1 is 1.27 bits per heavy atom. The van der Waals surface area contributed by atoms with E-state index in [1.54, 1.807) is 12.1 Å². The SMILES string of the molecule is C=CCn1c(-c2sc(NC(=O)CCC(=O)c3ccc(C)c(C)c3)nc2C)n[nH]c1=S. The van der Waals surface area contributed by atoms with E-state index in [0.29, 0.717) is 27.8 Å². The van der Waals surface area contributed by atoms with Crippen LogP contribution in [0.15, 0.2) is 30.9 Å². The summed E-state index contributed by atoms with van der Waals surface area (Å²) in [5.41, 5.74) is 3.56. The van der Waals surface area contributed by atoms with Crippen molar-refractivity contribution in [2.45, 2.75) is 40.2 Å². The molecule has 0 aliphatic heterocycles. The van der Waals surface area contributed by atoms with E-state index in [-0.39, 0.29) is 24.5 Å². The molecule has 0 radical (unpaired) electrons. The summed E-state index contributed by atoms with van der Waals surface area (Å²) in [5, 5.41) is 10.3. The zero-order valence-corrected chi connectivity index (χ0v) is 18.7. The zero-order chi connectivity index (χ0) is 21.8. The second kappa shape index (κ2) is 9.27. The van der Waals surface area contributed by atoms with Crippen LogP contribution < -0.4 is 5.32 Å². The molecule has 30 heavy (non-hydrogen) atoms. The largest absolute Gasteiger partial charge is 0.302 e. The van der Waals surface area contributed by atoms with Crippen LogP contribution in [0.2, 0.25) is 0 Å². The highest BCUT2D eigenvalue weighted by Gasteiger charge is 2.18. The maximum absolute atomic E-state index is 12.4. The van der Waals surface area contributed by atoms with Crippen LogP contribution in [-0.4, -0.2) is 31.4 Å². The lowest BCUT2D eigenvalue weighted by Crippen LogP contribution is -2.13. The highest BCUT2D eigenvalue weighted by Crippen LogP contribution is 2.31. The van der Waals surface area contributed by atoms with Crippen LogP contribution in [-0.2, 0) is 11.3 Å². The van der Waals surface area contributed by atoms with Crippen LogP contribution >= 0.6 is 23.6 Å². The number of H-pyrrole nitrogens is 1. The molecule has 2 aromatic heterocycles. The molecule has 2 N–H and O–H groups in total. The fourth-order valence-corrected chi connectivity index (χ4v) is 4.10. The van der Waals surface area contributed by atoms with Crippen molar-refractivity contribution in [1.82, 2.24) is 19.7 Å². The number of aryl methyl sites for hydroxylation is 3. The average Bonchev–Trinajstić information content (AvgIpc) is 3.24. The molecule has 0 fully saturated rings. The summed E-state index contributed by atoms with van der Waals surface area (Å²) in [6, 6.07) is 5.58. The maximum Gasteiger partial charge on any atom is 0.226 e. The number of hydrogen-bond donors (Lipinski definition) is 2. The molecule has 0 aliphatic rings. The van der Waals surface area contributed by atoms with E-state index in [0.717, 1.165) is 21.7 Å². The first-order valence-corrected chi connectivity index (χ1v) is 10.7. The summed E-state index contributed by atoms with van der Waals surface area (Å²) in [5.74, 6) is 0.349. The van der Waals surface area contributed by atoms with Crippen molar-refractivity contribution in [3.8, 4) is 10.7 Å². The number of allylic oxidation sites excluding steroid dienone is 1. The number of amides is 1. The van der Waals surface area contributed by atoms with Gasteiger partial charge in [-0.25, -0.2) is 4.98 Å². The smallest absolute Gasteiger partial charge is 0.226 e. The number of anilines is 1. The minimum Gasteiger partial charge on any atom is -0.302 e. The van der Waals surface area contributed by atoms with Crippen molar-refractivity contribution < 1.29 is 9.59 Å². The van der Waals surface area contributed by atoms with Crippen LogP contribution in [0.3, 0.4) is 0 Å². The van der Waals surface area contributed by atoms with Crippen LogP contribution in [0, 0.1) is 25.5 Å². The van der Waals surface area contributed by atoms with Crippen LogP contribution in [0.25, 0.3) is 10.7 Å². The number of rotatable bonds is 8. The third-order valence-corrected chi connectivity index (χ3v) is 6.10. The van der Waals surface area contributed by atoms with Gasteiger partial charge in [-0.1, -0.05) is 29.5 Å². The Kier molecular flexibility index (Phi) is 6.73. The number of carbonyl (C=O) groups excluding carboxylic acids is 2. The van der Waals surface area contributed by atoms with Gasteiger partial charge in [0.25, 0.3) is 0 Å². The van der Waals surface area contributed by atoms with Crippen molar-refractivity contribution in [1.29, 1.82) is 0 Å². The molecule has 7 nitrogen and oxygen atoms in total. The molecule has 156 valence electrons. The highest BCUT2D eigenvalue weighted by molar-refractivity contribution is 7.71. The van der Waals surface area contributed by atoms with Gasteiger partial charge in [0.05, 0.1) is 10.6 Å². The van der Waals surface area contributed by atoms with Crippen molar-refractivity contribution in [2.24, 2.45) is 0 Å². The van der Waals surface area contributed by atoms with Gasteiger partial charge >= 0.3 is 0 Å². The van der Waals surface area contributed by atoms with Gasteiger partial charge < -0.3 is 5.32 Å². The first-order valence-electron chi connectivity index (χ1n) is 9.44. The van der Waals surface area contributed by atoms with Crippen molar-refractivity contribution in [3.63, 3.8) is 0 Å². The predicted molar refractivity (Wildman–Crippen MR) is 122 cm³/mol. The van der Waals surface area contributed by atoms with Gasteiger partial charge in [-0.2, -0.15) is 5.10 Å². The molecule has 0 spiro atoms. The fourth-order valence-electron chi connectivity index (χ4n) is 2.91. The number of Topliss-reactive ketones (excluding diaryl/α,β-unsaturated/α-hetero) is 1. The molecule has 0 aliphatic carbocycles. The molecular weight excluding hydrogens is 418 g/mol. The molecule has 0 unspecified atom stereocenters. The second-order valence-electron chi connectivity index (χ2n) is 6.96. The van der Waals surface area contributed by atoms with Gasteiger partial charge in [-0.05, 0) is 50.2 Å². The average molecular weight is 442 g/mol. The number of aromatic amines is 1. The maximum atomic E-state index is 12.4. The van der Waals surface area contributed by atoms with Crippen molar-refractivity contribution >= 4 is 40.4 Å². The fraction of sp³-hybridized carbons (Fsp3) is 0.286. The summed E-state index contributed by atoms with van der Waals surface area (Å²) in [7, 11) is 0. The molecule has 1 amide bonds. The second-order valence-corrected chi connectivity index (χ2v) is 8.34. The molecule has 0 saturated carbocycles. The molecule has 2 heterocycles. The summed E-state index contributed by atoms with van der Waals surface area (Å²) < 4.78 is 2.31. The number of aromatic nitrogens is 4. The summed E-state index contributed by atoms with van der Waals surface area (Å²) in [4.78, 5) is 30.0. The lowest BCUT2D eigenvalue weighted by molar-refractivity contribution is -0.116. The molecule has 3 rings (SSSR count). The molecule has 1 aromatic carbocycles. The zero-order valence-electron chi connectivity index (χ0n) is 17.1. The van der Waals surface area contributed by atoms with E-state index >= 15 is 0 Å². The minimum absolute atomic E-state index is 0.0516. The van der Waals surface area contributed by atoms with E-state index in [9.17, 15) is 9.59 Å². The number of carbonyl (C=O) groups is 2. The lowest BCUT2D eigenvalue weighted by Gasteiger charge is -2.05. The standard InChI is InChI=1S/C21H23N5O2S2/c1-5-10-26-19(24-25-21(26)29)18-14(4)22-20(30-18)23-17(28)9-8-16(27)15-7-6-12(2)13(3)11-15/h5-7,11H,1,8-10H2,2-4H3,(H,25,29)(H,22,23,28). The summed E-state index contributed by atoms with van der Waals surface area (Å²) in [6.07, 6.45) is 1.97. The first-order chi connectivity index (χ1) is 14.3. The van der Waals surface area contributed by atoms with Gasteiger partial charge in [0.2, 0.25) is 5.91 Å². The van der Waals surface area contributed by atoms with Crippen molar-refractivity contribution in [2.75, 3.05) is 5.32 Å². The Morgan fingerprint density at radius 3 is 2.73 bits per heavy atom. The molecule has 9 heteroatoms. The first kappa shape index (κ1) is 21.8. The number of nitrogens with one attached hydrogen (secondary N) is 2. The number of hydrogen-bond acceptors (Lipinski definition) is 6. The summed E-state index contributed by atoms with van der Waals surface area (Å²) >= 11 is 6.57. The van der Waals surface area contributed by atoms with Crippen LogP contribution in [0.5, 0.6) is 0 Å². The number of ketones is 1. The number of thiazole rings is 1. The van der Waals surface area contributed by atoms with Gasteiger partial charge in [-0.3, -0.25) is 19.3 Å². The van der Waals surface area contributed by atoms with Gasteiger partial charge in [0.1, 0.15) is 0 Å². The van der Waals surface area contributed by atoms with Crippen molar-refractivity contribution in [3.05, 3.63) is 58.0 Å². The predicted octanol–water partition coefficient (Wildman–Crippen LogP) is 4.78. The molecular formula is C21H23N5O2S2. The number of nitrogens with zero attached hydrogens (tertiary/aromatic N) is 3. The topological polar surface area (TPSA) is 92.7 Å². The normalized spacial score (nSPS) is 10.8. The third-order valence-electron chi connectivity index (χ3n) is 4.72. The van der Waals surface area contributed by atoms with Gasteiger partial charge in [-0.15, -0.1) is 6.58 Å². The molecule has 0 atom stereocenters. The Hall–Kier alpha value is -2.91. The van der Waals surface area contributed by atoms with E-state index < -0.39 is 0 Å². The molecule has 0 saturated heterocycles. The monoisotopic (exact) mass is 441 g/mol. The highest BCUT2D eigenvalue weighted by atomic mass is 32.1. The minimum atomic E-state index is -0.252. The van der Waals surface area contributed by atoms with E-state index in [1.807, 2.05) is 37.5 Å². The lowest BCUT2D eigenvalue weighted by atomic mass is 10.0. The molecule has 3 aromatic rings. The van der Waals surface area contributed by atoms with E-state index in [4.69, 9.17) is 12.2 Å². The summed E-state index contributed by atoms with van der Waals surface area (Å²) in [6.45, 7) is 10.1. The van der Waals surface area contributed by atoms with Gasteiger partial charge in [0, 0.05) is 24.9 Å². The molecule has 0 bridgehead atoms.